The maximum Gasteiger partial charge on any atom is 0.260 e. The van der Waals surface area contributed by atoms with Crippen LogP contribution in [0.4, 0.5) is 17.2 Å². The standard InChI is InChI=1S/C23H18N6O3S/c1-32-13-8-7-11(15(17(13)25)19(30)10-5-3-2-4-6-10)14-12(9-24)21(27)29-23-16(14)18(26)20(33-23)22(28)31/h2-8H,25-26H2,1H3,(H2,27,29)(H2,28,31). The number of fused-ring (bicyclic) bond motifs is 1. The highest BCUT2D eigenvalue weighted by Gasteiger charge is 2.28. The van der Waals surface area contributed by atoms with Gasteiger partial charge < -0.3 is 27.7 Å². The second kappa shape index (κ2) is 8.14. The molecule has 0 atom stereocenters. The van der Waals surface area contributed by atoms with E-state index >= 15 is 0 Å². The predicted molar refractivity (Wildman–Crippen MR) is 128 cm³/mol. The summed E-state index contributed by atoms with van der Waals surface area (Å²) < 4.78 is 5.33. The lowest BCUT2D eigenvalue weighted by Crippen LogP contribution is -2.11. The van der Waals surface area contributed by atoms with Crippen LogP contribution in [-0.4, -0.2) is 23.8 Å². The number of thiophene rings is 1. The molecule has 0 aliphatic carbocycles. The molecule has 4 rings (SSSR count). The molecule has 9 nitrogen and oxygen atoms in total. The van der Waals surface area contributed by atoms with Gasteiger partial charge in [0.2, 0.25) is 0 Å². The number of nitrogen functional groups attached to an aromatic ring is 3. The monoisotopic (exact) mass is 458 g/mol. The lowest BCUT2D eigenvalue weighted by molar-refractivity contribution is 0.100. The number of ketones is 1. The first-order valence-corrected chi connectivity index (χ1v) is 10.4. The van der Waals surface area contributed by atoms with Crippen molar-refractivity contribution in [3.63, 3.8) is 0 Å². The molecule has 2 heterocycles. The summed E-state index contributed by atoms with van der Waals surface area (Å²) in [5.74, 6) is -0.928. The van der Waals surface area contributed by atoms with Crippen LogP contribution in [0.3, 0.4) is 0 Å². The van der Waals surface area contributed by atoms with E-state index in [-0.39, 0.29) is 44.5 Å². The van der Waals surface area contributed by atoms with E-state index < -0.39 is 11.7 Å². The third kappa shape index (κ3) is 3.37. The molecule has 0 saturated heterocycles. The van der Waals surface area contributed by atoms with E-state index in [9.17, 15) is 14.9 Å². The fourth-order valence-corrected chi connectivity index (χ4v) is 4.66. The van der Waals surface area contributed by atoms with Crippen molar-refractivity contribution in [1.29, 1.82) is 5.26 Å². The molecule has 0 saturated carbocycles. The largest absolute Gasteiger partial charge is 0.495 e. The summed E-state index contributed by atoms with van der Waals surface area (Å²) in [6, 6.07) is 13.7. The lowest BCUT2D eigenvalue weighted by atomic mass is 9.88. The fourth-order valence-electron chi connectivity index (χ4n) is 3.70. The van der Waals surface area contributed by atoms with Gasteiger partial charge in [-0.2, -0.15) is 5.26 Å². The Balaban J connectivity index is 2.17. The number of hydrogen-bond donors (Lipinski definition) is 4. The molecule has 2 aromatic carbocycles. The van der Waals surface area contributed by atoms with E-state index in [0.29, 0.717) is 21.3 Å². The fraction of sp³-hybridized carbons (Fsp3) is 0.0435. The third-order valence-electron chi connectivity index (χ3n) is 5.20. The molecule has 0 fully saturated rings. The molecular weight excluding hydrogens is 440 g/mol. The van der Waals surface area contributed by atoms with Gasteiger partial charge in [0.1, 0.15) is 32.9 Å². The van der Waals surface area contributed by atoms with Crippen LogP contribution in [0, 0.1) is 11.3 Å². The van der Waals surface area contributed by atoms with E-state index in [0.717, 1.165) is 11.3 Å². The molecule has 33 heavy (non-hydrogen) atoms. The number of rotatable bonds is 5. The molecule has 0 radical (unpaired) electrons. The van der Waals surface area contributed by atoms with Crippen molar-refractivity contribution in [1.82, 2.24) is 4.98 Å². The van der Waals surface area contributed by atoms with E-state index in [1.807, 2.05) is 6.07 Å². The number of anilines is 3. The van der Waals surface area contributed by atoms with Crippen molar-refractivity contribution in [3.8, 4) is 22.9 Å². The number of amides is 1. The van der Waals surface area contributed by atoms with E-state index in [2.05, 4.69) is 4.98 Å². The highest BCUT2D eigenvalue weighted by Crippen LogP contribution is 2.45. The van der Waals surface area contributed by atoms with E-state index in [1.165, 1.54) is 7.11 Å². The molecule has 10 heteroatoms. The molecule has 4 aromatic rings. The summed E-state index contributed by atoms with van der Waals surface area (Å²) in [5, 5.41) is 10.2. The molecule has 164 valence electrons. The zero-order valence-electron chi connectivity index (χ0n) is 17.4. The van der Waals surface area contributed by atoms with Crippen molar-refractivity contribution in [2.24, 2.45) is 5.73 Å². The second-order valence-corrected chi connectivity index (χ2v) is 8.05. The van der Waals surface area contributed by atoms with Crippen LogP contribution < -0.4 is 27.7 Å². The molecule has 0 aliphatic rings. The van der Waals surface area contributed by atoms with Gasteiger partial charge in [-0.25, -0.2) is 4.98 Å². The maximum atomic E-state index is 13.6. The predicted octanol–water partition coefficient (Wildman–Crippen LogP) is 2.92. The van der Waals surface area contributed by atoms with Crippen LogP contribution >= 0.6 is 11.3 Å². The van der Waals surface area contributed by atoms with Gasteiger partial charge in [0.25, 0.3) is 5.91 Å². The molecule has 2 aromatic heterocycles. The Morgan fingerprint density at radius 1 is 1.06 bits per heavy atom. The average Bonchev–Trinajstić information content (AvgIpc) is 3.14. The Hall–Kier alpha value is -4.62. The number of nitrogens with two attached hydrogens (primary N) is 4. The van der Waals surface area contributed by atoms with Crippen LogP contribution in [0.5, 0.6) is 5.75 Å². The minimum Gasteiger partial charge on any atom is -0.495 e. The van der Waals surface area contributed by atoms with Crippen LogP contribution in [0.15, 0.2) is 42.5 Å². The van der Waals surface area contributed by atoms with Crippen molar-refractivity contribution in [2.75, 3.05) is 24.3 Å². The Bertz CT molecular complexity index is 1490. The Kier molecular flexibility index (Phi) is 5.33. The second-order valence-electron chi connectivity index (χ2n) is 7.05. The number of hydrogen-bond acceptors (Lipinski definition) is 9. The quantitative estimate of drug-likeness (QED) is 0.260. The van der Waals surface area contributed by atoms with Crippen LogP contribution in [-0.2, 0) is 0 Å². The Morgan fingerprint density at radius 2 is 1.76 bits per heavy atom. The molecule has 0 spiro atoms. The first kappa shape index (κ1) is 21.6. The first-order valence-electron chi connectivity index (χ1n) is 9.58. The molecular formula is C23H18N6O3S. The zero-order valence-corrected chi connectivity index (χ0v) is 18.2. The number of aromatic nitrogens is 1. The number of primary amides is 1. The summed E-state index contributed by atoms with van der Waals surface area (Å²) in [6.07, 6.45) is 0. The molecule has 0 aliphatic heterocycles. The number of pyridine rings is 1. The smallest absolute Gasteiger partial charge is 0.260 e. The molecule has 0 unspecified atom stereocenters. The number of carbonyl (C=O) groups excluding carboxylic acids is 2. The highest BCUT2D eigenvalue weighted by molar-refractivity contribution is 7.21. The number of ether oxygens (including phenoxy) is 1. The Labute approximate surface area is 192 Å². The number of methoxy groups -OCH3 is 1. The summed E-state index contributed by atoms with van der Waals surface area (Å²) in [6.45, 7) is 0. The molecule has 0 bridgehead atoms. The van der Waals surface area contributed by atoms with Crippen molar-refractivity contribution < 1.29 is 14.3 Å². The first-order chi connectivity index (χ1) is 15.8. The van der Waals surface area contributed by atoms with Crippen molar-refractivity contribution in [2.45, 2.75) is 0 Å². The lowest BCUT2D eigenvalue weighted by Gasteiger charge is -2.17. The average molecular weight is 459 g/mol. The summed E-state index contributed by atoms with van der Waals surface area (Å²) in [5.41, 5.74) is 25.3. The van der Waals surface area contributed by atoms with Gasteiger partial charge in [0.05, 0.1) is 24.0 Å². The van der Waals surface area contributed by atoms with Gasteiger partial charge in [-0.15, -0.1) is 11.3 Å². The van der Waals surface area contributed by atoms with Crippen molar-refractivity contribution in [3.05, 3.63) is 64.0 Å². The normalized spacial score (nSPS) is 10.7. The van der Waals surface area contributed by atoms with E-state index in [4.69, 9.17) is 27.7 Å². The zero-order chi connectivity index (χ0) is 23.9. The molecule has 8 N–H and O–H groups in total. The van der Waals surface area contributed by atoms with Crippen LogP contribution in [0.25, 0.3) is 21.3 Å². The van der Waals surface area contributed by atoms with Gasteiger partial charge in [-0.3, -0.25) is 9.59 Å². The van der Waals surface area contributed by atoms with Gasteiger partial charge in [0.15, 0.2) is 5.78 Å². The van der Waals surface area contributed by atoms with Crippen LogP contribution in [0.1, 0.15) is 31.2 Å². The maximum absolute atomic E-state index is 13.6. The highest BCUT2D eigenvalue weighted by atomic mass is 32.1. The number of carbonyl (C=O) groups is 2. The summed E-state index contributed by atoms with van der Waals surface area (Å²) >= 11 is 0.956. The number of nitriles is 1. The summed E-state index contributed by atoms with van der Waals surface area (Å²) in [7, 11) is 1.43. The molecule has 1 amide bonds. The van der Waals surface area contributed by atoms with Gasteiger partial charge in [-0.1, -0.05) is 30.3 Å². The number of benzene rings is 2. The van der Waals surface area contributed by atoms with E-state index in [1.54, 1.807) is 42.5 Å². The topological polar surface area (TPSA) is 184 Å². The SMILES string of the molecule is COc1ccc(-c2c(C#N)c(N)nc3sc(C(N)=O)c(N)c23)c(C(=O)c2ccccc2)c1N. The minimum absolute atomic E-state index is 0.00491. The van der Waals surface area contributed by atoms with Gasteiger partial charge in [0, 0.05) is 16.5 Å². The minimum atomic E-state index is -0.742. The van der Waals surface area contributed by atoms with Crippen molar-refractivity contribution >= 4 is 50.4 Å². The number of nitrogens with zero attached hydrogens (tertiary/aromatic N) is 2. The van der Waals surface area contributed by atoms with Gasteiger partial charge >= 0.3 is 0 Å². The van der Waals surface area contributed by atoms with Crippen LogP contribution in [0.2, 0.25) is 0 Å². The summed E-state index contributed by atoms with van der Waals surface area (Å²) in [4.78, 5) is 30.1. The Morgan fingerprint density at radius 3 is 2.36 bits per heavy atom. The van der Waals surface area contributed by atoms with Gasteiger partial charge in [-0.05, 0) is 17.7 Å². The third-order valence-corrected chi connectivity index (χ3v) is 6.31.